The predicted octanol–water partition coefficient (Wildman–Crippen LogP) is 2.87. The molecule has 0 aliphatic carbocycles. The monoisotopic (exact) mass is 275 g/mol. The minimum atomic E-state index is 0.514. The SMILES string of the molecule is CN(CCc1ccccn1)c1cc(Cl)ccc1CN. The van der Waals surface area contributed by atoms with Crippen LogP contribution >= 0.6 is 11.6 Å². The summed E-state index contributed by atoms with van der Waals surface area (Å²) in [6.45, 7) is 1.39. The first-order valence-electron chi connectivity index (χ1n) is 6.30. The number of hydrogen-bond acceptors (Lipinski definition) is 3. The average molecular weight is 276 g/mol. The topological polar surface area (TPSA) is 42.2 Å². The molecule has 19 heavy (non-hydrogen) atoms. The first-order chi connectivity index (χ1) is 9.20. The van der Waals surface area contributed by atoms with Crippen molar-refractivity contribution in [3.8, 4) is 0 Å². The molecule has 0 spiro atoms. The largest absolute Gasteiger partial charge is 0.374 e. The first kappa shape index (κ1) is 13.8. The van der Waals surface area contributed by atoms with Crippen LogP contribution in [-0.4, -0.2) is 18.6 Å². The van der Waals surface area contributed by atoms with Gasteiger partial charge in [0.25, 0.3) is 0 Å². The van der Waals surface area contributed by atoms with Crippen LogP contribution in [0.25, 0.3) is 0 Å². The van der Waals surface area contributed by atoms with Gasteiger partial charge in [-0.1, -0.05) is 23.7 Å². The fourth-order valence-corrected chi connectivity index (χ4v) is 2.18. The van der Waals surface area contributed by atoms with Gasteiger partial charge in [-0.05, 0) is 29.8 Å². The minimum absolute atomic E-state index is 0.514. The molecular formula is C15H18ClN3. The molecule has 0 amide bonds. The maximum Gasteiger partial charge on any atom is 0.0426 e. The van der Waals surface area contributed by atoms with Crippen LogP contribution in [0.15, 0.2) is 42.6 Å². The zero-order valence-corrected chi connectivity index (χ0v) is 11.8. The van der Waals surface area contributed by atoms with E-state index in [0.717, 1.165) is 34.9 Å². The van der Waals surface area contributed by atoms with E-state index in [0.29, 0.717) is 6.54 Å². The van der Waals surface area contributed by atoms with Crippen LogP contribution in [0, 0.1) is 0 Å². The maximum absolute atomic E-state index is 6.06. The van der Waals surface area contributed by atoms with E-state index in [4.69, 9.17) is 17.3 Å². The second-order valence-corrected chi connectivity index (χ2v) is 4.91. The molecule has 3 nitrogen and oxygen atoms in total. The van der Waals surface area contributed by atoms with Crippen molar-refractivity contribution in [1.29, 1.82) is 0 Å². The summed E-state index contributed by atoms with van der Waals surface area (Å²) in [6.07, 6.45) is 2.72. The highest BCUT2D eigenvalue weighted by molar-refractivity contribution is 6.30. The van der Waals surface area contributed by atoms with Crippen molar-refractivity contribution in [2.24, 2.45) is 5.73 Å². The van der Waals surface area contributed by atoms with E-state index in [1.54, 1.807) is 0 Å². The Morgan fingerprint density at radius 1 is 1.26 bits per heavy atom. The Morgan fingerprint density at radius 3 is 2.79 bits per heavy atom. The van der Waals surface area contributed by atoms with E-state index >= 15 is 0 Å². The summed E-state index contributed by atoms with van der Waals surface area (Å²) in [5.41, 5.74) is 9.05. The molecule has 100 valence electrons. The second kappa shape index (κ2) is 6.55. The van der Waals surface area contributed by atoms with E-state index in [9.17, 15) is 0 Å². The molecule has 0 bridgehead atoms. The third-order valence-corrected chi connectivity index (χ3v) is 3.34. The molecule has 2 aromatic rings. The summed E-state index contributed by atoms with van der Waals surface area (Å²) in [7, 11) is 2.05. The quantitative estimate of drug-likeness (QED) is 0.912. The minimum Gasteiger partial charge on any atom is -0.374 e. The lowest BCUT2D eigenvalue weighted by molar-refractivity contribution is 0.844. The second-order valence-electron chi connectivity index (χ2n) is 4.47. The van der Waals surface area contributed by atoms with Gasteiger partial charge in [0.15, 0.2) is 0 Å². The van der Waals surface area contributed by atoms with Gasteiger partial charge < -0.3 is 10.6 Å². The van der Waals surface area contributed by atoms with Gasteiger partial charge >= 0.3 is 0 Å². The Hall–Kier alpha value is -1.58. The number of anilines is 1. The molecule has 0 atom stereocenters. The third-order valence-electron chi connectivity index (χ3n) is 3.11. The van der Waals surface area contributed by atoms with E-state index in [-0.39, 0.29) is 0 Å². The molecule has 0 radical (unpaired) electrons. The van der Waals surface area contributed by atoms with Crippen molar-refractivity contribution in [1.82, 2.24) is 4.98 Å². The number of hydrogen-bond donors (Lipinski definition) is 1. The maximum atomic E-state index is 6.06. The van der Waals surface area contributed by atoms with Gasteiger partial charge in [-0.3, -0.25) is 4.98 Å². The number of aromatic nitrogens is 1. The van der Waals surface area contributed by atoms with Crippen molar-refractivity contribution in [3.63, 3.8) is 0 Å². The number of halogens is 1. The van der Waals surface area contributed by atoms with E-state index in [1.165, 1.54) is 0 Å². The number of pyridine rings is 1. The van der Waals surface area contributed by atoms with Crippen LogP contribution in [0.2, 0.25) is 5.02 Å². The highest BCUT2D eigenvalue weighted by Crippen LogP contribution is 2.23. The zero-order chi connectivity index (χ0) is 13.7. The normalized spacial score (nSPS) is 10.5. The Labute approximate surface area is 119 Å². The standard InChI is InChI=1S/C15H18ClN3/c1-19(9-7-14-4-2-3-8-18-14)15-10-13(16)6-5-12(15)11-17/h2-6,8,10H,7,9,11,17H2,1H3. The lowest BCUT2D eigenvalue weighted by atomic mass is 10.1. The number of rotatable bonds is 5. The lowest BCUT2D eigenvalue weighted by Crippen LogP contribution is -2.22. The lowest BCUT2D eigenvalue weighted by Gasteiger charge is -2.22. The fraction of sp³-hybridized carbons (Fsp3) is 0.267. The van der Waals surface area contributed by atoms with Gasteiger partial charge in [0.2, 0.25) is 0 Å². The van der Waals surface area contributed by atoms with Gasteiger partial charge in [0.05, 0.1) is 0 Å². The average Bonchev–Trinajstić information content (AvgIpc) is 2.46. The number of likely N-dealkylation sites (N-methyl/N-ethyl adjacent to an activating group) is 1. The smallest absolute Gasteiger partial charge is 0.0426 e. The highest BCUT2D eigenvalue weighted by Gasteiger charge is 2.07. The summed E-state index contributed by atoms with van der Waals surface area (Å²) in [6, 6.07) is 11.8. The summed E-state index contributed by atoms with van der Waals surface area (Å²) < 4.78 is 0. The third kappa shape index (κ3) is 3.69. The number of nitrogens with zero attached hydrogens (tertiary/aromatic N) is 2. The van der Waals surface area contributed by atoms with Crippen LogP contribution < -0.4 is 10.6 Å². The molecule has 0 fully saturated rings. The van der Waals surface area contributed by atoms with Gasteiger partial charge in [0, 0.05) is 49.2 Å². The molecule has 0 saturated heterocycles. The van der Waals surface area contributed by atoms with E-state index < -0.39 is 0 Å². The van der Waals surface area contributed by atoms with Gasteiger partial charge in [0.1, 0.15) is 0 Å². The summed E-state index contributed by atoms with van der Waals surface area (Å²) in [4.78, 5) is 6.50. The molecule has 0 unspecified atom stereocenters. The summed E-state index contributed by atoms with van der Waals surface area (Å²) in [5, 5.41) is 0.733. The first-order valence-corrected chi connectivity index (χ1v) is 6.68. The molecule has 1 aromatic carbocycles. The molecule has 2 N–H and O–H groups in total. The fourth-order valence-electron chi connectivity index (χ4n) is 2.01. The number of benzene rings is 1. The molecule has 4 heteroatoms. The van der Waals surface area contributed by atoms with Crippen molar-refractivity contribution in [3.05, 3.63) is 58.9 Å². The van der Waals surface area contributed by atoms with Crippen LogP contribution in [0.4, 0.5) is 5.69 Å². The van der Waals surface area contributed by atoms with Crippen LogP contribution in [-0.2, 0) is 13.0 Å². The molecular weight excluding hydrogens is 258 g/mol. The van der Waals surface area contributed by atoms with Gasteiger partial charge in [-0.2, -0.15) is 0 Å². The highest BCUT2D eigenvalue weighted by atomic mass is 35.5. The number of nitrogens with two attached hydrogens (primary N) is 1. The van der Waals surface area contributed by atoms with E-state index in [2.05, 4.69) is 9.88 Å². The predicted molar refractivity (Wildman–Crippen MR) is 80.6 cm³/mol. The Balaban J connectivity index is 2.07. The molecule has 1 heterocycles. The Morgan fingerprint density at radius 2 is 2.11 bits per heavy atom. The van der Waals surface area contributed by atoms with Crippen LogP contribution in [0.5, 0.6) is 0 Å². The van der Waals surface area contributed by atoms with Crippen LogP contribution in [0.3, 0.4) is 0 Å². The molecule has 0 aliphatic rings. The summed E-state index contributed by atoms with van der Waals surface area (Å²) in [5.74, 6) is 0. The van der Waals surface area contributed by atoms with Crippen molar-refractivity contribution in [2.75, 3.05) is 18.5 Å². The van der Waals surface area contributed by atoms with E-state index in [1.807, 2.05) is 49.6 Å². The summed E-state index contributed by atoms with van der Waals surface area (Å²) >= 11 is 6.06. The molecule has 0 aliphatic heterocycles. The van der Waals surface area contributed by atoms with Crippen molar-refractivity contribution in [2.45, 2.75) is 13.0 Å². The Kier molecular flexibility index (Phi) is 4.77. The van der Waals surface area contributed by atoms with Crippen LogP contribution in [0.1, 0.15) is 11.3 Å². The molecule has 1 aromatic heterocycles. The van der Waals surface area contributed by atoms with Gasteiger partial charge in [-0.25, -0.2) is 0 Å². The molecule has 0 saturated carbocycles. The Bertz CT molecular complexity index is 528. The molecule has 2 rings (SSSR count). The van der Waals surface area contributed by atoms with Crippen molar-refractivity contribution >= 4 is 17.3 Å². The zero-order valence-electron chi connectivity index (χ0n) is 11.0. The van der Waals surface area contributed by atoms with Crippen molar-refractivity contribution < 1.29 is 0 Å². The van der Waals surface area contributed by atoms with Gasteiger partial charge in [-0.15, -0.1) is 0 Å².